The molecule has 1 atom stereocenters. The van der Waals surface area contributed by atoms with Crippen LogP contribution in [0.1, 0.15) is 252 Å². The van der Waals surface area contributed by atoms with Crippen LogP contribution in [0, 0.1) is 5.92 Å². The fraction of sp³-hybridized carbons (Fsp3) is 1.00. The summed E-state index contributed by atoms with van der Waals surface area (Å²) in [4.78, 5) is 21.6. The summed E-state index contributed by atoms with van der Waals surface area (Å²) < 4.78 is 8.88. The maximum atomic E-state index is 9.57. The zero-order chi connectivity index (χ0) is 36.9. The molecule has 0 aliphatic carbocycles. The van der Waals surface area contributed by atoms with Gasteiger partial charge in [0.05, 0.1) is 0 Å². The monoisotopic (exact) mass is 722 g/mol. The Labute approximate surface area is 308 Å². The largest absolute Gasteiger partial charge is 0.466 e. The average Bonchev–Trinajstić information content (AvgIpc) is 3.07. The normalized spacial score (nSPS) is 11.9. The summed E-state index contributed by atoms with van der Waals surface area (Å²) in [5.41, 5.74) is 5.48. The second-order valence-corrected chi connectivity index (χ2v) is 15.9. The number of nitrogens with two attached hydrogens (primary N) is 1. The third kappa shape index (κ3) is 63.5. The van der Waals surface area contributed by atoms with Crippen molar-refractivity contribution < 1.29 is 24.4 Å². The van der Waals surface area contributed by atoms with Gasteiger partial charge in [-0.05, 0) is 31.7 Å². The van der Waals surface area contributed by atoms with Crippen LogP contribution in [0.15, 0.2) is 0 Å². The van der Waals surface area contributed by atoms with Crippen molar-refractivity contribution >= 4 is 7.82 Å². The van der Waals surface area contributed by atoms with Crippen molar-refractivity contribution in [2.75, 3.05) is 13.2 Å². The molecule has 0 amide bonds. The topological polar surface area (TPSA) is 124 Å². The van der Waals surface area contributed by atoms with Gasteiger partial charge in [0, 0.05) is 6.61 Å². The van der Waals surface area contributed by atoms with Gasteiger partial charge in [0.25, 0.3) is 0 Å². The van der Waals surface area contributed by atoms with Gasteiger partial charge in [-0.3, -0.25) is 0 Å². The van der Waals surface area contributed by atoms with Crippen LogP contribution in [-0.4, -0.2) is 32.9 Å². The van der Waals surface area contributed by atoms with E-state index in [9.17, 15) is 5.11 Å². The van der Waals surface area contributed by atoms with Crippen molar-refractivity contribution in [1.82, 2.24) is 0 Å². The molecule has 0 aromatic carbocycles. The summed E-state index contributed by atoms with van der Waals surface area (Å²) in [6.45, 7) is 8.14. The Kier molecular flexibility index (Phi) is 52.3. The molecule has 0 aromatic heterocycles. The highest BCUT2D eigenvalue weighted by Crippen LogP contribution is 2.26. The molecule has 0 heterocycles. The Hall–Kier alpha value is 0.0300. The molecule has 49 heavy (non-hydrogen) atoms. The van der Waals surface area contributed by atoms with E-state index >= 15 is 0 Å². The third-order valence-corrected chi connectivity index (χ3v) is 9.75. The van der Waals surface area contributed by atoms with E-state index in [4.69, 9.17) is 25.0 Å². The molecule has 0 fully saturated rings. The predicted molar refractivity (Wildman–Crippen MR) is 217 cm³/mol. The predicted octanol–water partition coefficient (Wildman–Crippen LogP) is 13.7. The lowest BCUT2D eigenvalue weighted by Gasteiger charge is -2.13. The van der Waals surface area contributed by atoms with Gasteiger partial charge in [-0.15, -0.1) is 0 Å². The van der Waals surface area contributed by atoms with Crippen LogP contribution in [-0.2, 0) is 4.57 Å². The highest BCUT2D eigenvalue weighted by Gasteiger charge is 2.07. The fourth-order valence-electron chi connectivity index (χ4n) is 6.51. The van der Waals surface area contributed by atoms with E-state index in [-0.39, 0.29) is 0 Å². The summed E-state index contributed by atoms with van der Waals surface area (Å²) >= 11 is 0. The summed E-state index contributed by atoms with van der Waals surface area (Å²) in [6.07, 6.45) is 50.6. The van der Waals surface area contributed by atoms with Crippen molar-refractivity contribution in [2.24, 2.45) is 11.7 Å². The molecular formula is C42H92NO5P. The molecule has 0 bridgehead atoms. The van der Waals surface area contributed by atoms with E-state index < -0.39 is 7.82 Å². The first-order valence-electron chi connectivity index (χ1n) is 21.9. The lowest BCUT2D eigenvalue weighted by atomic mass is 9.94. The summed E-state index contributed by atoms with van der Waals surface area (Å²) in [6, 6.07) is 0. The summed E-state index contributed by atoms with van der Waals surface area (Å²) in [5.74, 6) is 0.578. The Bertz CT molecular complexity index is 579. The van der Waals surface area contributed by atoms with Gasteiger partial charge in [-0.1, -0.05) is 233 Å². The van der Waals surface area contributed by atoms with Gasteiger partial charge in [0.1, 0.15) is 0 Å². The molecule has 6 nitrogen and oxygen atoms in total. The van der Waals surface area contributed by atoms with Crippen molar-refractivity contribution in [3.8, 4) is 0 Å². The lowest BCUT2D eigenvalue weighted by Crippen LogP contribution is -2.06. The van der Waals surface area contributed by atoms with E-state index in [0.29, 0.717) is 12.5 Å². The third-order valence-electron chi connectivity index (χ3n) is 9.75. The van der Waals surface area contributed by atoms with Crippen molar-refractivity contribution in [3.63, 3.8) is 0 Å². The SMILES string of the molecule is CCCCCCCCCCCCC(CO)CCCCCCCCCC.CCCCCCCCCCCCCCCCCCN.O=P(O)(O)O. The van der Waals surface area contributed by atoms with E-state index in [0.717, 1.165) is 6.54 Å². The molecule has 0 saturated heterocycles. The Morgan fingerprint density at radius 1 is 0.388 bits per heavy atom. The van der Waals surface area contributed by atoms with Gasteiger partial charge in [0.15, 0.2) is 0 Å². The lowest BCUT2D eigenvalue weighted by molar-refractivity contribution is 0.204. The zero-order valence-electron chi connectivity index (χ0n) is 33.7. The number of unbranched alkanes of at least 4 members (excludes halogenated alkanes) is 31. The Morgan fingerprint density at radius 3 is 0.755 bits per heavy atom. The number of rotatable bonds is 37. The quantitative estimate of drug-likeness (QED) is 0.0321. The van der Waals surface area contributed by atoms with Crippen molar-refractivity contribution in [1.29, 1.82) is 0 Å². The minimum Gasteiger partial charge on any atom is -0.396 e. The first kappa shape index (κ1) is 53.4. The van der Waals surface area contributed by atoms with Crippen LogP contribution in [0.4, 0.5) is 0 Å². The maximum Gasteiger partial charge on any atom is 0.466 e. The van der Waals surface area contributed by atoms with E-state index in [1.165, 1.54) is 231 Å². The second kappa shape index (κ2) is 48.0. The highest BCUT2D eigenvalue weighted by molar-refractivity contribution is 7.45. The van der Waals surface area contributed by atoms with Crippen LogP contribution < -0.4 is 5.73 Å². The van der Waals surface area contributed by atoms with E-state index in [2.05, 4.69) is 20.8 Å². The van der Waals surface area contributed by atoms with E-state index in [1.807, 2.05) is 0 Å². The van der Waals surface area contributed by atoms with Crippen LogP contribution in [0.3, 0.4) is 0 Å². The molecule has 0 radical (unpaired) electrons. The van der Waals surface area contributed by atoms with Gasteiger partial charge in [-0.2, -0.15) is 0 Å². The molecule has 0 aliphatic heterocycles. The summed E-state index contributed by atoms with van der Waals surface area (Å²) in [7, 11) is -4.64. The Balaban J connectivity index is -0.000000778. The fourth-order valence-corrected chi connectivity index (χ4v) is 6.51. The molecule has 1 unspecified atom stereocenters. The van der Waals surface area contributed by atoms with Gasteiger partial charge < -0.3 is 25.5 Å². The Morgan fingerprint density at radius 2 is 0.571 bits per heavy atom. The number of aliphatic hydroxyl groups is 1. The minimum absolute atomic E-state index is 0.411. The smallest absolute Gasteiger partial charge is 0.396 e. The van der Waals surface area contributed by atoms with Crippen LogP contribution >= 0.6 is 7.82 Å². The number of hydrogen-bond acceptors (Lipinski definition) is 3. The zero-order valence-corrected chi connectivity index (χ0v) is 34.6. The average molecular weight is 722 g/mol. The van der Waals surface area contributed by atoms with Gasteiger partial charge >= 0.3 is 7.82 Å². The molecule has 6 N–H and O–H groups in total. The molecule has 7 heteroatoms. The highest BCUT2D eigenvalue weighted by atomic mass is 31.2. The van der Waals surface area contributed by atoms with Crippen molar-refractivity contribution in [2.45, 2.75) is 252 Å². The van der Waals surface area contributed by atoms with Crippen LogP contribution in [0.25, 0.3) is 0 Å². The van der Waals surface area contributed by atoms with Gasteiger partial charge in [0.2, 0.25) is 0 Å². The van der Waals surface area contributed by atoms with E-state index in [1.54, 1.807) is 0 Å². The minimum atomic E-state index is -4.64. The maximum absolute atomic E-state index is 9.57. The standard InChI is InChI=1S/C24H50O.C18H39N.H3O4P/c1-3-5-7-9-11-13-14-16-18-20-22-24(23-25)21-19-17-15-12-10-8-6-4-2;1-2-3-4-5-6-7-8-9-10-11-12-13-14-15-16-17-18-19;1-5(2,3)4/h24-25H,3-23H2,1-2H3;2-19H2,1H3;(H3,1,2,3,4). The van der Waals surface area contributed by atoms with Crippen LogP contribution in [0.2, 0.25) is 0 Å². The first-order valence-corrected chi connectivity index (χ1v) is 23.4. The number of phosphoric acid groups is 1. The molecular weight excluding hydrogens is 629 g/mol. The number of hydrogen-bond donors (Lipinski definition) is 5. The molecule has 0 aliphatic rings. The molecule has 0 saturated carbocycles. The van der Waals surface area contributed by atoms with Crippen molar-refractivity contribution in [3.05, 3.63) is 0 Å². The molecule has 0 rings (SSSR count). The first-order chi connectivity index (χ1) is 23.8. The molecule has 0 aromatic rings. The molecule has 0 spiro atoms. The summed E-state index contributed by atoms with van der Waals surface area (Å²) in [5, 5.41) is 9.57. The van der Waals surface area contributed by atoms with Gasteiger partial charge in [-0.25, -0.2) is 4.57 Å². The van der Waals surface area contributed by atoms with Crippen LogP contribution in [0.5, 0.6) is 0 Å². The number of aliphatic hydroxyl groups excluding tert-OH is 1. The second-order valence-electron chi connectivity index (χ2n) is 14.9. The molecule has 300 valence electrons.